The van der Waals surface area contributed by atoms with Crippen molar-refractivity contribution in [1.82, 2.24) is 10.2 Å². The molecule has 152 valence electrons. The number of ether oxygens (including phenoxy) is 2. The second-order valence-corrected chi connectivity index (χ2v) is 8.28. The summed E-state index contributed by atoms with van der Waals surface area (Å²) in [5.74, 6) is -4.26. The lowest BCUT2D eigenvalue weighted by atomic mass is 9.98. The lowest BCUT2D eigenvalue weighted by Crippen LogP contribution is -2.81. The number of β-lactam (4-membered cyclic amide) rings is 1. The van der Waals surface area contributed by atoms with E-state index in [-0.39, 0.29) is 29.4 Å². The minimum absolute atomic E-state index is 0.130. The molecule has 1 fully saturated rings. The first kappa shape index (κ1) is 21.9. The average Bonchev–Trinajstić information content (AvgIpc) is 2.63. The molecule has 0 radical (unpaired) electrons. The molecule has 0 aliphatic carbocycles. The summed E-state index contributed by atoms with van der Waals surface area (Å²) >= 11 is 1.12. The Hall–Kier alpha value is -2.43. The third kappa shape index (κ3) is 4.03. The number of nitriles is 1. The number of rotatable bonds is 8. The smallest absolute Gasteiger partial charge is 0.352 e. The highest BCUT2D eigenvalue weighted by Gasteiger charge is 2.66. The van der Waals surface area contributed by atoms with Crippen LogP contribution in [-0.2, 0) is 39.5 Å². The molecule has 0 aromatic carbocycles. The number of nitrogens with zero attached hydrogens (tertiary/aromatic N) is 2. The third-order valence-corrected chi connectivity index (χ3v) is 6.34. The molecule has 28 heavy (non-hydrogen) atoms. The summed E-state index contributed by atoms with van der Waals surface area (Å²) in [5, 5.41) is 19.5. The number of thioether (sulfide) groups is 1. The summed E-state index contributed by atoms with van der Waals surface area (Å²) in [6.45, 7) is 0.899. The van der Waals surface area contributed by atoms with Crippen LogP contribution in [-0.4, -0.2) is 80.0 Å². The molecule has 1 saturated heterocycles. The third-order valence-electron chi connectivity index (χ3n) is 3.93. The van der Waals surface area contributed by atoms with Crippen molar-refractivity contribution in [1.29, 1.82) is 5.26 Å². The lowest BCUT2D eigenvalue weighted by Gasteiger charge is -2.55. The Labute approximate surface area is 166 Å². The van der Waals surface area contributed by atoms with Gasteiger partial charge in [-0.2, -0.15) is 5.26 Å². The number of carbonyl (C=O) groups excluding carboxylic acids is 3. The summed E-state index contributed by atoms with van der Waals surface area (Å²) in [5.41, 5.74) is -1.90. The standard InChI is InChI=1S/C15H17N3O8S2/c1-8(19)26-5-9-6-27-14-15(25-2,13(23)18(14)11(9)12(21)22)17-10(20)7-28(24)4-3-16/h14H,4-7H2,1-2H3,(H,17,20)(H,21,22)/t14-,15+,28?/m1/s1. The van der Waals surface area contributed by atoms with Crippen LogP contribution in [0, 0.1) is 11.3 Å². The van der Waals surface area contributed by atoms with Crippen molar-refractivity contribution in [2.45, 2.75) is 18.0 Å². The van der Waals surface area contributed by atoms with Crippen molar-refractivity contribution in [3.8, 4) is 6.07 Å². The molecule has 2 heterocycles. The highest BCUT2D eigenvalue weighted by atomic mass is 32.2. The van der Waals surface area contributed by atoms with Gasteiger partial charge in [-0.15, -0.1) is 11.8 Å². The Bertz CT molecular complexity index is 821. The Morgan fingerprint density at radius 2 is 2.18 bits per heavy atom. The van der Waals surface area contributed by atoms with Crippen LogP contribution in [0.25, 0.3) is 0 Å². The second kappa shape index (κ2) is 8.72. The maximum atomic E-state index is 12.7. The normalized spacial score (nSPS) is 24.5. The Morgan fingerprint density at radius 3 is 2.71 bits per heavy atom. The van der Waals surface area contributed by atoms with Crippen LogP contribution in [0.4, 0.5) is 0 Å². The van der Waals surface area contributed by atoms with Crippen molar-refractivity contribution < 1.29 is 38.0 Å². The van der Waals surface area contributed by atoms with Gasteiger partial charge in [-0.3, -0.25) is 23.5 Å². The van der Waals surface area contributed by atoms with E-state index in [1.54, 1.807) is 6.07 Å². The Kier molecular flexibility index (Phi) is 6.81. The molecule has 1 unspecified atom stereocenters. The van der Waals surface area contributed by atoms with Gasteiger partial charge < -0.3 is 19.9 Å². The van der Waals surface area contributed by atoms with E-state index >= 15 is 0 Å². The van der Waals surface area contributed by atoms with Crippen LogP contribution in [0.2, 0.25) is 0 Å². The predicted octanol–water partition coefficient (Wildman–Crippen LogP) is -1.47. The molecular formula is C15H17N3O8S2. The van der Waals surface area contributed by atoms with Gasteiger partial charge >= 0.3 is 11.9 Å². The summed E-state index contributed by atoms with van der Waals surface area (Å²) in [4.78, 5) is 48.5. The first-order valence-electron chi connectivity index (χ1n) is 7.80. The average molecular weight is 431 g/mol. The maximum absolute atomic E-state index is 12.7. The van der Waals surface area contributed by atoms with Crippen molar-refractivity contribution in [3.05, 3.63) is 11.3 Å². The summed E-state index contributed by atoms with van der Waals surface area (Å²) < 4.78 is 21.6. The zero-order valence-corrected chi connectivity index (χ0v) is 16.6. The van der Waals surface area contributed by atoms with E-state index in [4.69, 9.17) is 14.7 Å². The van der Waals surface area contributed by atoms with E-state index in [0.29, 0.717) is 0 Å². The zero-order chi connectivity index (χ0) is 21.1. The number of hydrogen-bond donors (Lipinski definition) is 2. The molecule has 2 aliphatic rings. The summed E-state index contributed by atoms with van der Waals surface area (Å²) in [7, 11) is -0.544. The predicted molar refractivity (Wildman–Crippen MR) is 95.8 cm³/mol. The number of carbonyl (C=O) groups is 4. The first-order valence-corrected chi connectivity index (χ1v) is 10.3. The van der Waals surface area contributed by atoms with Gasteiger partial charge in [-0.05, 0) is 0 Å². The number of esters is 1. The molecule has 3 atom stereocenters. The van der Waals surface area contributed by atoms with Gasteiger partial charge in [0.1, 0.15) is 29.2 Å². The minimum atomic E-state index is -1.81. The highest BCUT2D eigenvalue weighted by molar-refractivity contribution is 8.00. The largest absolute Gasteiger partial charge is 0.477 e. The first-order chi connectivity index (χ1) is 13.2. The molecule has 2 N–H and O–H groups in total. The summed E-state index contributed by atoms with van der Waals surface area (Å²) in [6, 6.07) is 1.68. The van der Waals surface area contributed by atoms with Crippen LogP contribution in [0.15, 0.2) is 11.3 Å². The molecule has 0 aromatic heterocycles. The Balaban J connectivity index is 2.23. The van der Waals surface area contributed by atoms with Gasteiger partial charge in [0, 0.05) is 36.2 Å². The molecule has 2 amide bonds. The molecular weight excluding hydrogens is 414 g/mol. The molecule has 0 aromatic rings. The zero-order valence-electron chi connectivity index (χ0n) is 14.9. The number of aliphatic carboxylic acids is 1. The molecule has 2 rings (SSSR count). The van der Waals surface area contributed by atoms with E-state index in [1.807, 2.05) is 0 Å². The molecule has 0 spiro atoms. The number of fused-ring (bicyclic) bond motifs is 1. The number of carboxylic acid groups (broad SMARTS) is 1. The van der Waals surface area contributed by atoms with Gasteiger partial charge in [0.2, 0.25) is 5.91 Å². The molecule has 0 saturated carbocycles. The van der Waals surface area contributed by atoms with Gasteiger partial charge in [0.25, 0.3) is 11.6 Å². The fourth-order valence-electron chi connectivity index (χ4n) is 2.76. The van der Waals surface area contributed by atoms with Gasteiger partial charge in [-0.25, -0.2) is 4.79 Å². The van der Waals surface area contributed by atoms with E-state index < -0.39 is 51.4 Å². The van der Waals surface area contributed by atoms with Crippen molar-refractivity contribution in [3.63, 3.8) is 0 Å². The molecule has 11 nitrogen and oxygen atoms in total. The number of carboxylic acids is 1. The lowest BCUT2D eigenvalue weighted by molar-refractivity contribution is -0.192. The number of hydrogen-bond acceptors (Lipinski definition) is 9. The monoisotopic (exact) mass is 431 g/mol. The highest BCUT2D eigenvalue weighted by Crippen LogP contribution is 2.46. The van der Waals surface area contributed by atoms with Gasteiger partial charge in [-0.1, -0.05) is 0 Å². The number of amides is 2. The minimum Gasteiger partial charge on any atom is -0.477 e. The quantitative estimate of drug-likeness (QED) is 0.263. The van der Waals surface area contributed by atoms with E-state index in [1.165, 1.54) is 14.0 Å². The van der Waals surface area contributed by atoms with E-state index in [0.717, 1.165) is 16.7 Å². The Morgan fingerprint density at radius 1 is 1.50 bits per heavy atom. The topological polar surface area (TPSA) is 163 Å². The molecule has 13 heteroatoms. The van der Waals surface area contributed by atoms with Crippen molar-refractivity contribution >= 4 is 46.3 Å². The number of nitrogens with one attached hydrogen (secondary N) is 1. The second-order valence-electron chi connectivity index (χ2n) is 5.75. The fourth-order valence-corrected chi connectivity index (χ4v) is 4.79. The van der Waals surface area contributed by atoms with Crippen molar-refractivity contribution in [2.24, 2.45) is 0 Å². The van der Waals surface area contributed by atoms with E-state index in [2.05, 4.69) is 5.32 Å². The van der Waals surface area contributed by atoms with Gasteiger partial charge in [0.05, 0.1) is 6.07 Å². The van der Waals surface area contributed by atoms with Crippen LogP contribution in [0.3, 0.4) is 0 Å². The van der Waals surface area contributed by atoms with Crippen LogP contribution >= 0.6 is 11.8 Å². The van der Waals surface area contributed by atoms with Crippen molar-refractivity contribution in [2.75, 3.05) is 31.0 Å². The van der Waals surface area contributed by atoms with Crippen LogP contribution in [0.1, 0.15) is 6.92 Å². The fraction of sp³-hybridized carbons (Fsp3) is 0.533. The summed E-state index contributed by atoms with van der Waals surface area (Å²) in [6.07, 6.45) is 0. The number of methoxy groups -OCH3 is 1. The molecule has 0 bridgehead atoms. The van der Waals surface area contributed by atoms with Crippen LogP contribution in [0.5, 0.6) is 0 Å². The van der Waals surface area contributed by atoms with E-state index in [9.17, 15) is 28.5 Å². The van der Waals surface area contributed by atoms with Gasteiger partial charge in [0.15, 0.2) is 0 Å². The molecule has 2 aliphatic heterocycles. The maximum Gasteiger partial charge on any atom is 0.352 e. The van der Waals surface area contributed by atoms with Crippen LogP contribution < -0.4 is 5.32 Å². The SMILES string of the molecule is CO[C@@]1(NC(=O)CS(=O)CC#N)C(=O)N2C(C(=O)O)=C(COC(C)=O)CS[C@@H]21.